The number of hydrogen-bond donors (Lipinski definition) is 1. The minimum absolute atomic E-state index is 0.104. The van der Waals surface area contributed by atoms with E-state index in [4.69, 9.17) is 9.47 Å². The fourth-order valence-electron chi connectivity index (χ4n) is 1.98. The van der Waals surface area contributed by atoms with Gasteiger partial charge in [0.15, 0.2) is 0 Å². The maximum Gasteiger partial charge on any atom is 0.407 e. The van der Waals surface area contributed by atoms with Crippen LogP contribution >= 0.6 is 0 Å². The van der Waals surface area contributed by atoms with E-state index in [1.165, 1.54) is 6.07 Å². The summed E-state index contributed by atoms with van der Waals surface area (Å²) in [5.74, 6) is 0.364. The first-order valence-corrected chi connectivity index (χ1v) is 6.27. The fraction of sp³-hybridized carbons (Fsp3) is 0.500. The number of amides is 1. The minimum atomic E-state index is -0.565. The number of benzene rings is 1. The predicted molar refractivity (Wildman–Crippen MR) is 68.7 cm³/mol. The van der Waals surface area contributed by atoms with Crippen molar-refractivity contribution in [2.75, 3.05) is 6.61 Å². The molecular formula is C14H18FNO3. The topological polar surface area (TPSA) is 47.6 Å². The van der Waals surface area contributed by atoms with Crippen LogP contribution in [0.15, 0.2) is 12.1 Å². The lowest BCUT2D eigenvalue weighted by Gasteiger charge is -2.20. The summed E-state index contributed by atoms with van der Waals surface area (Å²) in [6.45, 7) is 6.00. The van der Waals surface area contributed by atoms with Gasteiger partial charge in [-0.05, 0) is 32.9 Å². The number of fused-ring (bicyclic) bond motifs is 1. The summed E-state index contributed by atoms with van der Waals surface area (Å²) in [5, 5.41) is 2.57. The van der Waals surface area contributed by atoms with Gasteiger partial charge in [-0.25, -0.2) is 9.18 Å². The lowest BCUT2D eigenvalue weighted by Crippen LogP contribution is -2.32. The number of nitrogens with one attached hydrogen (secondary N) is 1. The Hall–Kier alpha value is -1.78. The van der Waals surface area contributed by atoms with Gasteiger partial charge in [0.25, 0.3) is 0 Å². The number of alkyl carbamates (subject to hydrolysis) is 1. The summed E-state index contributed by atoms with van der Waals surface area (Å²) in [6.07, 6.45) is 0.113. The summed E-state index contributed by atoms with van der Waals surface area (Å²) in [4.78, 5) is 11.6. The van der Waals surface area contributed by atoms with Gasteiger partial charge in [0.05, 0.1) is 6.61 Å². The molecule has 0 saturated carbocycles. The molecule has 1 aromatic rings. The number of carbonyl (C=O) groups excluding carboxylic acids is 1. The third-order valence-electron chi connectivity index (χ3n) is 2.75. The molecule has 1 aromatic carbocycles. The lowest BCUT2D eigenvalue weighted by molar-refractivity contribution is 0.0523. The summed E-state index contributed by atoms with van der Waals surface area (Å²) in [7, 11) is 0. The Morgan fingerprint density at radius 3 is 2.89 bits per heavy atom. The van der Waals surface area contributed by atoms with E-state index in [1.54, 1.807) is 26.8 Å². The summed E-state index contributed by atoms with van der Waals surface area (Å²) in [6, 6.07) is 2.98. The first-order chi connectivity index (χ1) is 8.87. The van der Waals surface area contributed by atoms with E-state index >= 15 is 0 Å². The number of halogens is 1. The molecule has 0 unspecified atom stereocenters. The largest absolute Gasteiger partial charge is 0.493 e. The van der Waals surface area contributed by atoms with E-state index in [0.29, 0.717) is 24.3 Å². The van der Waals surface area contributed by atoms with Crippen LogP contribution in [0.1, 0.15) is 31.9 Å². The summed E-state index contributed by atoms with van der Waals surface area (Å²) in [5.41, 5.74) is 0.738. The van der Waals surface area contributed by atoms with Crippen molar-refractivity contribution in [3.8, 4) is 5.75 Å². The smallest absolute Gasteiger partial charge is 0.407 e. The Labute approximate surface area is 111 Å². The number of hydrogen-bond acceptors (Lipinski definition) is 3. The second-order valence-corrected chi connectivity index (χ2v) is 5.46. The fourth-order valence-corrected chi connectivity index (χ4v) is 1.98. The van der Waals surface area contributed by atoms with Crippen LogP contribution in [-0.2, 0) is 17.7 Å². The van der Waals surface area contributed by atoms with Crippen LogP contribution < -0.4 is 10.1 Å². The van der Waals surface area contributed by atoms with E-state index in [2.05, 4.69) is 5.32 Å². The highest BCUT2D eigenvalue weighted by molar-refractivity contribution is 5.67. The van der Waals surface area contributed by atoms with E-state index in [-0.39, 0.29) is 12.4 Å². The number of rotatable bonds is 2. The monoisotopic (exact) mass is 267 g/mol. The Kier molecular flexibility index (Phi) is 3.64. The Morgan fingerprint density at radius 2 is 2.21 bits per heavy atom. The van der Waals surface area contributed by atoms with Crippen molar-refractivity contribution in [3.05, 3.63) is 29.1 Å². The molecule has 0 saturated heterocycles. The second-order valence-electron chi connectivity index (χ2n) is 5.46. The summed E-state index contributed by atoms with van der Waals surface area (Å²) >= 11 is 0. The number of carbonyl (C=O) groups is 1. The third-order valence-corrected chi connectivity index (χ3v) is 2.75. The lowest BCUT2D eigenvalue weighted by atomic mass is 10.0. The highest BCUT2D eigenvalue weighted by Crippen LogP contribution is 2.30. The van der Waals surface area contributed by atoms with E-state index in [1.807, 2.05) is 0 Å². The van der Waals surface area contributed by atoms with E-state index in [9.17, 15) is 9.18 Å². The van der Waals surface area contributed by atoms with Crippen LogP contribution in [0.5, 0.6) is 5.75 Å². The van der Waals surface area contributed by atoms with Gasteiger partial charge in [0.2, 0.25) is 0 Å². The summed E-state index contributed by atoms with van der Waals surface area (Å²) < 4.78 is 24.3. The normalized spacial score (nSPS) is 13.7. The van der Waals surface area contributed by atoms with Crippen molar-refractivity contribution in [2.45, 2.75) is 39.3 Å². The molecule has 1 heterocycles. The third kappa shape index (κ3) is 3.36. The molecule has 5 heteroatoms. The predicted octanol–water partition coefficient (Wildman–Crippen LogP) is 2.79. The van der Waals surface area contributed by atoms with Gasteiger partial charge in [-0.3, -0.25) is 0 Å². The maximum absolute atomic E-state index is 13.8. The molecule has 4 nitrogen and oxygen atoms in total. The van der Waals surface area contributed by atoms with Gasteiger partial charge in [-0.2, -0.15) is 0 Å². The SMILES string of the molecule is CC(C)(C)OC(=O)NCc1c(F)ccc2c1CCO2. The average molecular weight is 267 g/mol. The van der Waals surface area contributed by atoms with Crippen molar-refractivity contribution >= 4 is 6.09 Å². The van der Waals surface area contributed by atoms with Crippen molar-refractivity contribution in [3.63, 3.8) is 0 Å². The Bertz CT molecular complexity index is 494. The molecule has 1 amide bonds. The van der Waals surface area contributed by atoms with Gasteiger partial charge >= 0.3 is 6.09 Å². The van der Waals surface area contributed by atoms with Gasteiger partial charge in [0.1, 0.15) is 17.2 Å². The van der Waals surface area contributed by atoms with Crippen molar-refractivity contribution in [2.24, 2.45) is 0 Å². The molecule has 1 aliphatic heterocycles. The molecule has 0 radical (unpaired) electrons. The first kappa shape index (κ1) is 13.6. The van der Waals surface area contributed by atoms with Crippen molar-refractivity contribution < 1.29 is 18.7 Å². The zero-order valence-corrected chi connectivity index (χ0v) is 11.4. The molecule has 0 fully saturated rings. The van der Waals surface area contributed by atoms with Gasteiger partial charge in [-0.15, -0.1) is 0 Å². The maximum atomic E-state index is 13.8. The minimum Gasteiger partial charge on any atom is -0.493 e. The zero-order valence-electron chi connectivity index (χ0n) is 11.4. The van der Waals surface area contributed by atoms with Crippen molar-refractivity contribution in [1.29, 1.82) is 0 Å². The molecule has 1 N–H and O–H groups in total. The molecule has 104 valence electrons. The number of ether oxygens (including phenoxy) is 2. The van der Waals surface area contributed by atoms with Crippen LogP contribution in [0.4, 0.5) is 9.18 Å². The highest BCUT2D eigenvalue weighted by Gasteiger charge is 2.21. The first-order valence-electron chi connectivity index (χ1n) is 6.27. The highest BCUT2D eigenvalue weighted by atomic mass is 19.1. The molecule has 1 aliphatic rings. The Balaban J connectivity index is 2.04. The standard InChI is InChI=1S/C14H18FNO3/c1-14(2,3)19-13(17)16-8-10-9-6-7-18-12(9)5-4-11(10)15/h4-5H,6-8H2,1-3H3,(H,16,17). The van der Waals surface area contributed by atoms with Gasteiger partial charge in [0, 0.05) is 24.1 Å². The van der Waals surface area contributed by atoms with Crippen molar-refractivity contribution in [1.82, 2.24) is 5.32 Å². The quantitative estimate of drug-likeness (QED) is 0.896. The molecule has 0 aliphatic carbocycles. The van der Waals surface area contributed by atoms with E-state index in [0.717, 1.165) is 5.56 Å². The molecule has 0 bridgehead atoms. The van der Waals surface area contributed by atoms with Crippen LogP contribution in [0.2, 0.25) is 0 Å². The average Bonchev–Trinajstić information content (AvgIpc) is 2.73. The van der Waals surface area contributed by atoms with Crippen LogP contribution in [0, 0.1) is 5.82 Å². The molecule has 0 spiro atoms. The second kappa shape index (κ2) is 5.07. The Morgan fingerprint density at radius 1 is 1.47 bits per heavy atom. The molecule has 0 aromatic heterocycles. The van der Waals surface area contributed by atoms with Crippen LogP contribution in [0.25, 0.3) is 0 Å². The zero-order chi connectivity index (χ0) is 14.0. The molecular weight excluding hydrogens is 249 g/mol. The van der Waals surface area contributed by atoms with Crippen LogP contribution in [-0.4, -0.2) is 18.3 Å². The molecule has 2 rings (SSSR count). The van der Waals surface area contributed by atoms with Crippen LogP contribution in [0.3, 0.4) is 0 Å². The molecule has 19 heavy (non-hydrogen) atoms. The van der Waals surface area contributed by atoms with Gasteiger partial charge < -0.3 is 14.8 Å². The van der Waals surface area contributed by atoms with Gasteiger partial charge in [-0.1, -0.05) is 0 Å². The molecule has 0 atom stereocenters. The van der Waals surface area contributed by atoms with E-state index < -0.39 is 11.7 Å².